The van der Waals surface area contributed by atoms with Crippen molar-refractivity contribution in [2.75, 3.05) is 7.11 Å². The van der Waals surface area contributed by atoms with E-state index < -0.39 is 0 Å². The zero-order valence-electron chi connectivity index (χ0n) is 16.7. The van der Waals surface area contributed by atoms with Crippen LogP contribution in [0.1, 0.15) is 40.0 Å². The van der Waals surface area contributed by atoms with Crippen LogP contribution in [-0.2, 0) is 11.8 Å². The zero-order chi connectivity index (χ0) is 19.6. The largest absolute Gasteiger partial charge is 0.496 e. The van der Waals surface area contributed by atoms with E-state index in [4.69, 9.17) is 4.74 Å². The molecule has 0 saturated carbocycles. The molecule has 1 saturated heterocycles. The molecule has 6 nitrogen and oxygen atoms in total. The molecular formula is C20H28N4O2S. The number of aromatic nitrogens is 3. The lowest BCUT2D eigenvalue weighted by molar-refractivity contribution is -0.136. The van der Waals surface area contributed by atoms with Crippen LogP contribution in [0.4, 0.5) is 0 Å². The zero-order valence-corrected chi connectivity index (χ0v) is 17.5. The van der Waals surface area contributed by atoms with Gasteiger partial charge in [0.1, 0.15) is 5.75 Å². The first-order chi connectivity index (χ1) is 12.9. The van der Waals surface area contributed by atoms with Gasteiger partial charge in [0.05, 0.1) is 17.9 Å². The van der Waals surface area contributed by atoms with Crippen molar-refractivity contribution in [3.63, 3.8) is 0 Å². The molecule has 0 N–H and O–H groups in total. The third-order valence-electron chi connectivity index (χ3n) is 5.26. The number of thioether (sulfide) groups is 1. The molecule has 0 radical (unpaired) electrons. The van der Waals surface area contributed by atoms with Crippen molar-refractivity contribution in [3.8, 4) is 17.1 Å². The number of para-hydroxylation sites is 1. The number of piperidine rings is 1. The minimum Gasteiger partial charge on any atom is -0.496 e. The summed E-state index contributed by atoms with van der Waals surface area (Å²) in [6.07, 6.45) is 3.35. The summed E-state index contributed by atoms with van der Waals surface area (Å²) >= 11 is 1.46. The lowest BCUT2D eigenvalue weighted by Gasteiger charge is -2.40. The third-order valence-corrected chi connectivity index (χ3v) is 6.38. The van der Waals surface area contributed by atoms with Crippen LogP contribution >= 0.6 is 11.8 Å². The van der Waals surface area contributed by atoms with Gasteiger partial charge in [-0.25, -0.2) is 0 Å². The minimum atomic E-state index is -0.207. The molecule has 3 rings (SSSR count). The number of carbonyl (C=O) groups excluding carboxylic acids is 1. The highest BCUT2D eigenvalue weighted by Gasteiger charge is 2.32. The van der Waals surface area contributed by atoms with Crippen LogP contribution in [0.25, 0.3) is 11.4 Å². The average molecular weight is 389 g/mol. The fourth-order valence-corrected chi connectivity index (χ4v) is 4.63. The predicted molar refractivity (Wildman–Crippen MR) is 108 cm³/mol. The highest BCUT2D eigenvalue weighted by Crippen LogP contribution is 2.32. The van der Waals surface area contributed by atoms with Gasteiger partial charge in [0.25, 0.3) is 0 Å². The van der Waals surface area contributed by atoms with Gasteiger partial charge in [-0.3, -0.25) is 4.79 Å². The van der Waals surface area contributed by atoms with E-state index in [1.807, 2.05) is 42.8 Å². The van der Waals surface area contributed by atoms with E-state index in [1.165, 1.54) is 18.2 Å². The molecule has 1 amide bonds. The Balaban J connectivity index is 1.78. The van der Waals surface area contributed by atoms with Gasteiger partial charge in [-0.15, -0.1) is 10.2 Å². The molecule has 1 aromatic carbocycles. The van der Waals surface area contributed by atoms with E-state index in [0.29, 0.717) is 12.1 Å². The summed E-state index contributed by atoms with van der Waals surface area (Å²) in [5, 5.41) is 9.18. The predicted octanol–water partition coefficient (Wildman–Crippen LogP) is 3.76. The normalized spacial score (nSPS) is 21.1. The Morgan fingerprint density at radius 2 is 1.89 bits per heavy atom. The second kappa shape index (κ2) is 8.33. The summed E-state index contributed by atoms with van der Waals surface area (Å²) in [6, 6.07) is 8.34. The maximum atomic E-state index is 13.0. The van der Waals surface area contributed by atoms with Gasteiger partial charge in [-0.2, -0.15) is 0 Å². The number of benzene rings is 1. The topological polar surface area (TPSA) is 60.3 Å². The standard InChI is InChI=1S/C20H28N4O2S/c1-13-9-8-10-14(2)24(13)19(25)15(3)27-20-22-21-18(23(20)4)16-11-6-7-12-17(16)26-5/h6-7,11-15H,8-10H2,1-5H3/t13-,14+,15-/m1/s1. The van der Waals surface area contributed by atoms with Crippen molar-refractivity contribution < 1.29 is 9.53 Å². The average Bonchev–Trinajstić information content (AvgIpc) is 3.01. The number of amides is 1. The number of hydrogen-bond acceptors (Lipinski definition) is 5. The molecule has 7 heteroatoms. The van der Waals surface area contributed by atoms with Crippen molar-refractivity contribution in [2.24, 2.45) is 7.05 Å². The summed E-state index contributed by atoms with van der Waals surface area (Å²) in [7, 11) is 3.57. The van der Waals surface area contributed by atoms with Crippen molar-refractivity contribution in [3.05, 3.63) is 24.3 Å². The van der Waals surface area contributed by atoms with E-state index >= 15 is 0 Å². The van der Waals surface area contributed by atoms with Crippen molar-refractivity contribution >= 4 is 17.7 Å². The van der Waals surface area contributed by atoms with Crippen LogP contribution in [0.15, 0.2) is 29.4 Å². The molecule has 1 aliphatic rings. The Hall–Kier alpha value is -2.02. The first-order valence-electron chi connectivity index (χ1n) is 9.45. The van der Waals surface area contributed by atoms with E-state index in [0.717, 1.165) is 35.1 Å². The molecule has 1 aliphatic heterocycles. The number of likely N-dealkylation sites (tertiary alicyclic amines) is 1. The lowest BCUT2D eigenvalue weighted by atomic mass is 9.97. The molecule has 0 spiro atoms. The molecule has 0 unspecified atom stereocenters. The molecule has 1 fully saturated rings. The number of hydrogen-bond donors (Lipinski definition) is 0. The van der Waals surface area contributed by atoms with Crippen molar-refractivity contribution in [1.82, 2.24) is 19.7 Å². The molecule has 146 valence electrons. The number of rotatable bonds is 5. The van der Waals surface area contributed by atoms with Crippen LogP contribution in [0.3, 0.4) is 0 Å². The summed E-state index contributed by atoms with van der Waals surface area (Å²) in [5.74, 6) is 1.67. The third kappa shape index (κ3) is 3.98. The maximum Gasteiger partial charge on any atom is 0.236 e. The van der Waals surface area contributed by atoms with E-state index in [2.05, 4.69) is 28.9 Å². The second-order valence-electron chi connectivity index (χ2n) is 7.20. The van der Waals surface area contributed by atoms with Gasteiger partial charge >= 0.3 is 0 Å². The van der Waals surface area contributed by atoms with Crippen LogP contribution in [-0.4, -0.2) is 50.0 Å². The number of methoxy groups -OCH3 is 1. The van der Waals surface area contributed by atoms with Gasteiger partial charge in [0.15, 0.2) is 11.0 Å². The monoisotopic (exact) mass is 388 g/mol. The van der Waals surface area contributed by atoms with Crippen LogP contribution in [0, 0.1) is 0 Å². The second-order valence-corrected chi connectivity index (χ2v) is 8.51. The fourth-order valence-electron chi connectivity index (χ4n) is 3.76. The van der Waals surface area contributed by atoms with Gasteiger partial charge < -0.3 is 14.2 Å². The first-order valence-corrected chi connectivity index (χ1v) is 10.3. The SMILES string of the molecule is COc1ccccc1-c1nnc(S[C@H](C)C(=O)N2[C@H](C)CCC[C@@H]2C)n1C. The molecule has 3 atom stereocenters. The Labute approximate surface area is 165 Å². The van der Waals surface area contributed by atoms with E-state index in [1.54, 1.807) is 7.11 Å². The van der Waals surface area contributed by atoms with Crippen molar-refractivity contribution in [1.29, 1.82) is 0 Å². The summed E-state index contributed by atoms with van der Waals surface area (Å²) in [5.41, 5.74) is 0.888. The maximum absolute atomic E-state index is 13.0. The molecular weight excluding hydrogens is 360 g/mol. The Kier molecular flexibility index (Phi) is 6.09. The Morgan fingerprint density at radius 1 is 1.22 bits per heavy atom. The van der Waals surface area contributed by atoms with E-state index in [-0.39, 0.29) is 11.2 Å². The molecule has 1 aromatic heterocycles. The summed E-state index contributed by atoms with van der Waals surface area (Å²) < 4.78 is 7.36. The smallest absolute Gasteiger partial charge is 0.236 e. The summed E-state index contributed by atoms with van der Waals surface area (Å²) in [6.45, 7) is 6.25. The molecule has 27 heavy (non-hydrogen) atoms. The van der Waals surface area contributed by atoms with Gasteiger partial charge in [0.2, 0.25) is 5.91 Å². The van der Waals surface area contributed by atoms with Gasteiger partial charge in [-0.05, 0) is 52.2 Å². The number of carbonyl (C=O) groups is 1. The molecule has 2 aromatic rings. The molecule has 0 aliphatic carbocycles. The fraction of sp³-hybridized carbons (Fsp3) is 0.550. The minimum absolute atomic E-state index is 0.182. The quantitative estimate of drug-likeness (QED) is 0.730. The van der Waals surface area contributed by atoms with Gasteiger partial charge in [-0.1, -0.05) is 23.9 Å². The first kappa shape index (κ1) is 19.7. The molecule has 0 bridgehead atoms. The van der Waals surface area contributed by atoms with Gasteiger partial charge in [0, 0.05) is 19.1 Å². The number of ether oxygens (including phenoxy) is 1. The van der Waals surface area contributed by atoms with Crippen LogP contribution in [0.2, 0.25) is 0 Å². The van der Waals surface area contributed by atoms with Crippen LogP contribution < -0.4 is 4.74 Å². The Morgan fingerprint density at radius 3 is 2.56 bits per heavy atom. The molecule has 2 heterocycles. The van der Waals surface area contributed by atoms with Crippen molar-refractivity contribution in [2.45, 2.75) is 62.5 Å². The highest BCUT2D eigenvalue weighted by atomic mass is 32.2. The Bertz CT molecular complexity index is 797. The summed E-state index contributed by atoms with van der Waals surface area (Å²) in [4.78, 5) is 15.1. The number of nitrogens with zero attached hydrogens (tertiary/aromatic N) is 4. The van der Waals surface area contributed by atoms with E-state index in [9.17, 15) is 4.79 Å². The lowest BCUT2D eigenvalue weighted by Crippen LogP contribution is -2.50. The highest BCUT2D eigenvalue weighted by molar-refractivity contribution is 8.00. The van der Waals surface area contributed by atoms with Crippen LogP contribution in [0.5, 0.6) is 5.75 Å².